The first-order chi connectivity index (χ1) is 21.9. The Hall–Kier alpha value is -4.89. The maximum Gasteiger partial charge on any atom is 0.573 e. The van der Waals surface area contributed by atoms with Crippen molar-refractivity contribution in [2.75, 3.05) is 23.0 Å². The van der Waals surface area contributed by atoms with Crippen LogP contribution in [0.1, 0.15) is 43.9 Å². The van der Waals surface area contributed by atoms with Gasteiger partial charge in [0.1, 0.15) is 18.2 Å². The molecule has 3 amide bonds. The fraction of sp³-hybridized carbons (Fsp3) is 0.258. The molecule has 15 heteroatoms. The van der Waals surface area contributed by atoms with Crippen molar-refractivity contribution in [2.45, 2.75) is 39.2 Å². The number of hydroxylamine groups is 1. The lowest BCUT2D eigenvalue weighted by molar-refractivity contribution is -0.274. The highest BCUT2D eigenvalue weighted by Crippen LogP contribution is 2.35. The minimum absolute atomic E-state index is 0.138. The van der Waals surface area contributed by atoms with Crippen molar-refractivity contribution in [3.05, 3.63) is 84.2 Å². The van der Waals surface area contributed by atoms with Crippen molar-refractivity contribution in [3.8, 4) is 22.8 Å². The molecule has 1 aromatic heterocycles. The number of aliphatic imine (C=N–C) groups is 1. The molecular weight excluding hydrogens is 623 g/mol. The number of nitrogens with one attached hydrogen (secondary N) is 2. The van der Waals surface area contributed by atoms with E-state index in [4.69, 9.17) is 4.84 Å². The van der Waals surface area contributed by atoms with Crippen molar-refractivity contribution < 1.29 is 32.3 Å². The molecule has 2 N–H and O–H groups in total. The van der Waals surface area contributed by atoms with Gasteiger partial charge in [0.05, 0.1) is 17.1 Å². The number of aromatic nitrogens is 3. The Morgan fingerprint density at radius 3 is 2.41 bits per heavy atom. The molecule has 2 heterocycles. The van der Waals surface area contributed by atoms with Gasteiger partial charge in [0, 0.05) is 18.3 Å². The highest BCUT2D eigenvalue weighted by molar-refractivity contribution is 8.15. The normalized spacial score (nSPS) is 15.0. The van der Waals surface area contributed by atoms with Crippen LogP contribution in [0.4, 0.5) is 29.3 Å². The van der Waals surface area contributed by atoms with Gasteiger partial charge >= 0.3 is 12.4 Å². The molecule has 0 saturated carbocycles. The van der Waals surface area contributed by atoms with Crippen LogP contribution in [-0.2, 0) is 9.63 Å². The van der Waals surface area contributed by atoms with E-state index in [1.807, 2.05) is 32.0 Å². The van der Waals surface area contributed by atoms with Crippen LogP contribution in [0.15, 0.2) is 78.0 Å². The number of ether oxygens (including phenoxy) is 1. The number of urea groups is 1. The summed E-state index contributed by atoms with van der Waals surface area (Å²) >= 11 is 1.18. The Morgan fingerprint density at radius 1 is 1.04 bits per heavy atom. The number of nitrogens with zero attached hydrogens (tertiary/aromatic N) is 5. The van der Waals surface area contributed by atoms with Crippen molar-refractivity contribution in [1.82, 2.24) is 20.2 Å². The number of halogens is 3. The van der Waals surface area contributed by atoms with Crippen molar-refractivity contribution >= 4 is 40.2 Å². The molecule has 5 rings (SSSR count). The topological polar surface area (TPSA) is 123 Å². The standard InChI is InChI=1S/C31H30F3N7O4S/c1-18(2)25-14-9-22(35-4)15-26(25)41-27(42)16-46-30(41)37-29(43)39-45-19(3)20-5-7-21(8-6-20)28-36-17-40(38-28)23-10-12-24(13-11-23)44-31(32,33)34/h5-15,17-19,35H,16H2,1-4H3,(H,39,43). The molecule has 0 spiro atoms. The Bertz CT molecular complexity index is 1740. The first kappa shape index (κ1) is 32.5. The fourth-order valence-electron chi connectivity index (χ4n) is 4.60. The molecule has 1 saturated heterocycles. The quantitative estimate of drug-likeness (QED) is 0.188. The van der Waals surface area contributed by atoms with E-state index in [-0.39, 0.29) is 28.5 Å². The summed E-state index contributed by atoms with van der Waals surface area (Å²) in [6, 6.07) is 17.4. The van der Waals surface area contributed by atoms with E-state index in [9.17, 15) is 22.8 Å². The number of carbonyl (C=O) groups excluding carboxylic acids is 2. The lowest BCUT2D eigenvalue weighted by Gasteiger charge is -2.22. The van der Waals surface area contributed by atoms with Crippen LogP contribution in [-0.4, -0.2) is 51.0 Å². The van der Waals surface area contributed by atoms with Gasteiger partial charge in [0.15, 0.2) is 11.0 Å². The fourth-order valence-corrected chi connectivity index (χ4v) is 5.46. The maximum atomic E-state index is 12.8. The van der Waals surface area contributed by atoms with E-state index < -0.39 is 18.5 Å². The second kappa shape index (κ2) is 13.6. The van der Waals surface area contributed by atoms with Crippen LogP contribution in [0.25, 0.3) is 17.1 Å². The summed E-state index contributed by atoms with van der Waals surface area (Å²) in [6.07, 6.45) is -3.87. The van der Waals surface area contributed by atoms with E-state index in [1.54, 1.807) is 38.2 Å². The number of anilines is 2. The first-order valence-corrected chi connectivity index (χ1v) is 15.1. The molecule has 1 atom stereocenters. The van der Waals surface area contributed by atoms with Crippen LogP contribution in [0.2, 0.25) is 0 Å². The molecule has 0 aliphatic carbocycles. The smallest absolute Gasteiger partial charge is 0.406 e. The molecule has 11 nitrogen and oxygen atoms in total. The molecule has 0 radical (unpaired) electrons. The number of thioether (sulfide) groups is 1. The Balaban J connectivity index is 1.21. The van der Waals surface area contributed by atoms with Gasteiger partial charge in [-0.15, -0.1) is 18.3 Å². The summed E-state index contributed by atoms with van der Waals surface area (Å²) in [5.74, 6) is 0.187. The molecule has 46 heavy (non-hydrogen) atoms. The largest absolute Gasteiger partial charge is 0.573 e. The monoisotopic (exact) mass is 653 g/mol. The highest BCUT2D eigenvalue weighted by atomic mass is 32.2. The number of hydrogen-bond acceptors (Lipinski definition) is 8. The molecule has 1 unspecified atom stereocenters. The molecule has 1 fully saturated rings. The first-order valence-electron chi connectivity index (χ1n) is 14.1. The lowest BCUT2D eigenvalue weighted by atomic mass is 10.00. The van der Waals surface area contributed by atoms with Crippen LogP contribution >= 0.6 is 11.8 Å². The van der Waals surface area contributed by atoms with Gasteiger partial charge in [0.2, 0.25) is 5.91 Å². The number of benzene rings is 3. The third kappa shape index (κ3) is 7.66. The number of amidine groups is 1. The summed E-state index contributed by atoms with van der Waals surface area (Å²) in [5, 5.41) is 7.74. The van der Waals surface area contributed by atoms with Gasteiger partial charge in [-0.3, -0.25) is 14.5 Å². The average Bonchev–Trinajstić information content (AvgIpc) is 3.66. The predicted octanol–water partition coefficient (Wildman–Crippen LogP) is 6.84. The van der Waals surface area contributed by atoms with Crippen molar-refractivity contribution in [2.24, 2.45) is 4.99 Å². The third-order valence-electron chi connectivity index (χ3n) is 6.93. The van der Waals surface area contributed by atoms with Gasteiger partial charge in [-0.1, -0.05) is 55.9 Å². The molecule has 1 aliphatic rings. The summed E-state index contributed by atoms with van der Waals surface area (Å²) in [7, 11) is 1.79. The lowest BCUT2D eigenvalue weighted by Crippen LogP contribution is -2.32. The van der Waals surface area contributed by atoms with E-state index in [0.717, 1.165) is 16.8 Å². The number of carbonyl (C=O) groups is 2. The zero-order valence-electron chi connectivity index (χ0n) is 25.2. The third-order valence-corrected chi connectivity index (χ3v) is 7.86. The zero-order chi connectivity index (χ0) is 33.0. The summed E-state index contributed by atoms with van der Waals surface area (Å²) < 4.78 is 42.6. The highest BCUT2D eigenvalue weighted by Gasteiger charge is 2.33. The Labute approximate surface area is 266 Å². The minimum Gasteiger partial charge on any atom is -0.406 e. The maximum absolute atomic E-state index is 12.8. The van der Waals surface area contributed by atoms with Gasteiger partial charge in [-0.2, -0.15) is 4.99 Å². The molecule has 4 aromatic rings. The molecular formula is C31H30F3N7O4S. The number of amides is 3. The van der Waals surface area contributed by atoms with Gasteiger partial charge in [-0.05, 0) is 60.4 Å². The van der Waals surface area contributed by atoms with E-state index >= 15 is 0 Å². The summed E-state index contributed by atoms with van der Waals surface area (Å²) in [4.78, 5) is 41.0. The molecule has 3 aromatic carbocycles. The Kier molecular flexibility index (Phi) is 9.63. The van der Waals surface area contributed by atoms with E-state index in [1.165, 1.54) is 51.9 Å². The molecule has 0 bridgehead atoms. The Morgan fingerprint density at radius 2 is 1.76 bits per heavy atom. The zero-order valence-corrected chi connectivity index (χ0v) is 26.0. The van der Waals surface area contributed by atoms with Crippen LogP contribution in [0.3, 0.4) is 0 Å². The molecule has 1 aliphatic heterocycles. The SMILES string of the molecule is CNc1ccc(C(C)C)c(N2C(=O)CSC2=NC(=O)NOC(C)c2ccc(-c3ncn(-c4ccc(OC(F)(F)F)cc4)n3)cc2)c1. The predicted molar refractivity (Wildman–Crippen MR) is 169 cm³/mol. The van der Waals surface area contributed by atoms with Crippen LogP contribution < -0.4 is 20.4 Å². The second-order valence-corrected chi connectivity index (χ2v) is 11.4. The number of alkyl halides is 3. The molecule has 240 valence electrons. The average molecular weight is 654 g/mol. The van der Waals surface area contributed by atoms with E-state index in [2.05, 4.69) is 30.6 Å². The second-order valence-electron chi connectivity index (χ2n) is 10.4. The number of rotatable bonds is 9. The van der Waals surface area contributed by atoms with Crippen LogP contribution in [0, 0.1) is 0 Å². The minimum atomic E-state index is -4.77. The van der Waals surface area contributed by atoms with E-state index in [0.29, 0.717) is 22.8 Å². The van der Waals surface area contributed by atoms with Gasteiger partial charge in [-0.25, -0.2) is 19.9 Å². The number of hydrogen-bond donors (Lipinski definition) is 2. The van der Waals surface area contributed by atoms with Crippen molar-refractivity contribution in [3.63, 3.8) is 0 Å². The van der Waals surface area contributed by atoms with Crippen LogP contribution in [0.5, 0.6) is 5.75 Å². The van der Waals surface area contributed by atoms with Crippen molar-refractivity contribution in [1.29, 1.82) is 0 Å². The van der Waals surface area contributed by atoms with Gasteiger partial charge in [0.25, 0.3) is 0 Å². The summed E-state index contributed by atoms with van der Waals surface area (Å²) in [5.41, 5.74) is 6.73. The summed E-state index contributed by atoms with van der Waals surface area (Å²) in [6.45, 7) is 5.81. The van der Waals surface area contributed by atoms with Gasteiger partial charge < -0.3 is 10.1 Å².